The number of hydrogen-bond donors (Lipinski definition) is 1. The van der Waals surface area contributed by atoms with Crippen LogP contribution in [0.15, 0.2) is 77.2 Å². The van der Waals surface area contributed by atoms with Crippen molar-refractivity contribution in [2.75, 3.05) is 4.90 Å². The quantitative estimate of drug-likeness (QED) is 0.438. The molecule has 3 heterocycles. The van der Waals surface area contributed by atoms with Gasteiger partial charge in [-0.1, -0.05) is 12.1 Å². The SMILES string of the molecule is Cc1cccc(N2C(=O)C(=O)/C(=C(\O)c3ccncc3)C2c2ccco2)c1. The van der Waals surface area contributed by atoms with Gasteiger partial charge in [0.25, 0.3) is 11.7 Å². The standard InChI is InChI=1S/C21H16N2O4/c1-13-4-2-5-15(12-13)23-18(16-6-3-11-27-16)17(20(25)21(23)26)19(24)14-7-9-22-10-8-14/h2-12,18,24H,1H3/b19-17-. The first-order chi connectivity index (χ1) is 13.1. The molecule has 2 aromatic heterocycles. The first kappa shape index (κ1) is 16.8. The summed E-state index contributed by atoms with van der Waals surface area (Å²) in [6.07, 6.45) is 4.49. The first-order valence-electron chi connectivity index (χ1n) is 8.39. The highest BCUT2D eigenvalue weighted by molar-refractivity contribution is 6.51. The number of rotatable bonds is 3. The summed E-state index contributed by atoms with van der Waals surface area (Å²) in [4.78, 5) is 31.0. The third kappa shape index (κ3) is 2.81. The van der Waals surface area contributed by atoms with Gasteiger partial charge in [-0.2, -0.15) is 0 Å². The van der Waals surface area contributed by atoms with Gasteiger partial charge in [0.05, 0.1) is 11.8 Å². The monoisotopic (exact) mass is 360 g/mol. The van der Waals surface area contributed by atoms with E-state index in [1.807, 2.05) is 25.1 Å². The molecule has 1 saturated heterocycles. The van der Waals surface area contributed by atoms with Crippen molar-refractivity contribution >= 4 is 23.1 Å². The van der Waals surface area contributed by atoms with Crippen molar-refractivity contribution in [1.82, 2.24) is 4.98 Å². The Morgan fingerprint density at radius 2 is 1.89 bits per heavy atom. The van der Waals surface area contributed by atoms with Crippen LogP contribution in [-0.2, 0) is 9.59 Å². The van der Waals surface area contributed by atoms with Crippen LogP contribution < -0.4 is 4.90 Å². The van der Waals surface area contributed by atoms with E-state index in [1.54, 1.807) is 30.3 Å². The number of anilines is 1. The van der Waals surface area contributed by atoms with Crippen LogP contribution in [0.25, 0.3) is 5.76 Å². The van der Waals surface area contributed by atoms with Crippen LogP contribution in [0.4, 0.5) is 5.69 Å². The molecule has 6 heteroatoms. The van der Waals surface area contributed by atoms with E-state index in [-0.39, 0.29) is 11.3 Å². The Hall–Kier alpha value is -3.67. The number of aryl methyl sites for hydroxylation is 1. The Kier molecular flexibility index (Phi) is 4.08. The van der Waals surface area contributed by atoms with Gasteiger partial charge in [-0.15, -0.1) is 0 Å². The lowest BCUT2D eigenvalue weighted by Gasteiger charge is -2.23. The number of ketones is 1. The van der Waals surface area contributed by atoms with Gasteiger partial charge in [-0.05, 0) is 48.9 Å². The lowest BCUT2D eigenvalue weighted by atomic mass is 9.99. The maximum absolute atomic E-state index is 12.8. The van der Waals surface area contributed by atoms with E-state index >= 15 is 0 Å². The summed E-state index contributed by atoms with van der Waals surface area (Å²) in [7, 11) is 0. The molecule has 0 saturated carbocycles. The van der Waals surface area contributed by atoms with E-state index in [0.717, 1.165) is 5.56 Å². The van der Waals surface area contributed by atoms with E-state index in [1.165, 1.54) is 23.6 Å². The number of amides is 1. The minimum Gasteiger partial charge on any atom is -0.507 e. The van der Waals surface area contributed by atoms with Crippen LogP contribution in [0.3, 0.4) is 0 Å². The number of hydrogen-bond acceptors (Lipinski definition) is 5. The maximum atomic E-state index is 12.8. The number of carbonyl (C=O) groups is 2. The number of pyridine rings is 1. The van der Waals surface area contributed by atoms with Crippen LogP contribution in [-0.4, -0.2) is 21.8 Å². The van der Waals surface area contributed by atoms with Crippen LogP contribution in [0, 0.1) is 6.92 Å². The van der Waals surface area contributed by atoms with Crippen LogP contribution in [0.1, 0.15) is 22.9 Å². The molecule has 4 rings (SSSR count). The lowest BCUT2D eigenvalue weighted by molar-refractivity contribution is -0.132. The molecule has 1 atom stereocenters. The topological polar surface area (TPSA) is 83.6 Å². The maximum Gasteiger partial charge on any atom is 0.300 e. The third-order valence-electron chi connectivity index (χ3n) is 4.49. The van der Waals surface area contributed by atoms with Crippen LogP contribution in [0.5, 0.6) is 0 Å². The second kappa shape index (κ2) is 6.57. The highest BCUT2D eigenvalue weighted by Gasteiger charge is 2.48. The fourth-order valence-corrected chi connectivity index (χ4v) is 3.26. The van der Waals surface area contributed by atoms with Gasteiger partial charge in [-0.3, -0.25) is 19.5 Å². The lowest BCUT2D eigenvalue weighted by Crippen LogP contribution is -2.29. The van der Waals surface area contributed by atoms with Gasteiger partial charge in [0.1, 0.15) is 17.6 Å². The molecule has 0 bridgehead atoms. The summed E-state index contributed by atoms with van der Waals surface area (Å²) in [5, 5.41) is 10.8. The zero-order valence-corrected chi connectivity index (χ0v) is 14.5. The van der Waals surface area contributed by atoms with E-state index in [9.17, 15) is 14.7 Å². The molecule has 1 aliphatic heterocycles. The van der Waals surface area contributed by atoms with Crippen LogP contribution >= 0.6 is 0 Å². The smallest absolute Gasteiger partial charge is 0.300 e. The number of aliphatic hydroxyl groups excluding tert-OH is 1. The highest BCUT2D eigenvalue weighted by atomic mass is 16.3. The highest BCUT2D eigenvalue weighted by Crippen LogP contribution is 2.42. The molecule has 1 amide bonds. The fraction of sp³-hybridized carbons (Fsp3) is 0.0952. The van der Waals surface area contributed by atoms with Crippen molar-refractivity contribution < 1.29 is 19.1 Å². The minimum absolute atomic E-state index is 0.0114. The predicted octanol–water partition coefficient (Wildman–Crippen LogP) is 3.61. The number of aromatic nitrogens is 1. The predicted molar refractivity (Wildman–Crippen MR) is 98.9 cm³/mol. The Morgan fingerprint density at radius 1 is 1.11 bits per heavy atom. The van der Waals surface area contributed by atoms with Gasteiger partial charge in [0.15, 0.2) is 0 Å². The first-order valence-corrected chi connectivity index (χ1v) is 8.39. The fourth-order valence-electron chi connectivity index (χ4n) is 3.26. The molecule has 1 fully saturated rings. The summed E-state index contributed by atoms with van der Waals surface area (Å²) in [5.74, 6) is -1.33. The van der Waals surface area contributed by atoms with Gasteiger partial charge in [-0.25, -0.2) is 0 Å². The molecule has 1 aliphatic rings. The van der Waals surface area contributed by atoms with Gasteiger partial charge >= 0.3 is 0 Å². The summed E-state index contributed by atoms with van der Waals surface area (Å²) < 4.78 is 5.51. The van der Waals surface area contributed by atoms with Crippen molar-refractivity contribution in [1.29, 1.82) is 0 Å². The number of aliphatic hydroxyl groups is 1. The van der Waals surface area contributed by atoms with E-state index < -0.39 is 17.7 Å². The molecule has 0 aliphatic carbocycles. The number of carbonyl (C=O) groups excluding carboxylic acids is 2. The molecule has 1 unspecified atom stereocenters. The Bertz CT molecular complexity index is 1040. The normalized spacial score (nSPS) is 18.9. The van der Waals surface area contributed by atoms with E-state index in [2.05, 4.69) is 4.98 Å². The molecule has 27 heavy (non-hydrogen) atoms. The van der Waals surface area contributed by atoms with Crippen molar-refractivity contribution in [3.8, 4) is 0 Å². The summed E-state index contributed by atoms with van der Waals surface area (Å²) >= 11 is 0. The Labute approximate surface area is 155 Å². The number of benzene rings is 1. The molecule has 6 nitrogen and oxygen atoms in total. The molecular formula is C21H16N2O4. The second-order valence-electron chi connectivity index (χ2n) is 6.26. The molecule has 1 aromatic carbocycles. The zero-order valence-electron chi connectivity index (χ0n) is 14.5. The van der Waals surface area contributed by atoms with Crippen molar-refractivity contribution in [3.63, 3.8) is 0 Å². The third-order valence-corrected chi connectivity index (χ3v) is 4.49. The summed E-state index contributed by atoms with van der Waals surface area (Å²) in [5.41, 5.74) is 1.90. The molecule has 3 aromatic rings. The van der Waals surface area contributed by atoms with E-state index in [0.29, 0.717) is 17.0 Å². The number of furan rings is 1. The molecular weight excluding hydrogens is 344 g/mol. The molecule has 1 N–H and O–H groups in total. The van der Waals surface area contributed by atoms with Crippen LogP contribution in [0.2, 0.25) is 0 Å². The summed E-state index contributed by atoms with van der Waals surface area (Å²) in [6, 6.07) is 12.9. The molecule has 0 spiro atoms. The Balaban J connectivity index is 1.94. The van der Waals surface area contributed by atoms with Crippen molar-refractivity contribution in [3.05, 3.63) is 89.6 Å². The second-order valence-corrected chi connectivity index (χ2v) is 6.26. The largest absolute Gasteiger partial charge is 0.507 e. The Morgan fingerprint density at radius 3 is 2.56 bits per heavy atom. The molecule has 134 valence electrons. The summed E-state index contributed by atoms with van der Waals surface area (Å²) in [6.45, 7) is 1.90. The van der Waals surface area contributed by atoms with E-state index in [4.69, 9.17) is 4.42 Å². The average Bonchev–Trinajstić information content (AvgIpc) is 3.29. The average molecular weight is 360 g/mol. The molecule has 0 radical (unpaired) electrons. The van der Waals surface area contributed by atoms with Crippen molar-refractivity contribution in [2.45, 2.75) is 13.0 Å². The zero-order chi connectivity index (χ0) is 19.0. The van der Waals surface area contributed by atoms with Crippen molar-refractivity contribution in [2.24, 2.45) is 0 Å². The van der Waals surface area contributed by atoms with Gasteiger partial charge in [0.2, 0.25) is 0 Å². The van der Waals surface area contributed by atoms with Gasteiger partial charge in [0, 0.05) is 23.6 Å². The number of nitrogens with zero attached hydrogens (tertiary/aromatic N) is 2. The van der Waals surface area contributed by atoms with Gasteiger partial charge < -0.3 is 9.52 Å². The minimum atomic E-state index is -0.852. The number of Topliss-reactive ketones (excluding diaryl/α,β-unsaturated/α-hetero) is 1.